The number of nitrogens with one attached hydrogen (secondary N) is 1. The lowest BCUT2D eigenvalue weighted by Crippen LogP contribution is -2.15. The summed E-state index contributed by atoms with van der Waals surface area (Å²) in [5.74, 6) is -0.572. The van der Waals surface area contributed by atoms with Gasteiger partial charge < -0.3 is 5.32 Å². The van der Waals surface area contributed by atoms with Crippen LogP contribution in [0.3, 0.4) is 0 Å². The van der Waals surface area contributed by atoms with Crippen LogP contribution in [0, 0.1) is 5.92 Å². The number of pyridine rings is 1. The number of halogens is 2. The van der Waals surface area contributed by atoms with Crippen LogP contribution in [0.1, 0.15) is 18.4 Å². The Labute approximate surface area is 162 Å². The fourth-order valence-corrected chi connectivity index (χ4v) is 3.78. The first kappa shape index (κ1) is 20.1. The molecule has 1 aromatic heterocycles. The number of sulfone groups is 1. The molecule has 1 aliphatic carbocycles. The van der Waals surface area contributed by atoms with Crippen molar-refractivity contribution in [3.8, 4) is 0 Å². The highest BCUT2D eigenvalue weighted by atomic mass is 32.2. The van der Waals surface area contributed by atoms with Gasteiger partial charge in [-0.15, -0.1) is 0 Å². The first-order valence-electron chi connectivity index (χ1n) is 8.77. The van der Waals surface area contributed by atoms with Crippen molar-refractivity contribution in [2.45, 2.75) is 30.1 Å². The number of amides is 1. The molecule has 3 rings (SSSR count). The van der Waals surface area contributed by atoms with Gasteiger partial charge in [0.05, 0.1) is 4.90 Å². The molecule has 1 aromatic carbocycles. The maximum atomic E-state index is 13.6. The molecule has 0 radical (unpaired) electrons. The summed E-state index contributed by atoms with van der Waals surface area (Å²) in [6, 6.07) is 10.9. The van der Waals surface area contributed by atoms with Gasteiger partial charge in [-0.1, -0.05) is 24.3 Å². The third-order valence-corrected chi connectivity index (χ3v) is 5.72. The van der Waals surface area contributed by atoms with E-state index in [1.54, 1.807) is 24.3 Å². The highest BCUT2D eigenvalue weighted by molar-refractivity contribution is 7.90. The second-order valence-electron chi connectivity index (χ2n) is 6.81. The average molecular weight is 406 g/mol. The summed E-state index contributed by atoms with van der Waals surface area (Å²) in [6.07, 6.45) is 1.08. The number of rotatable bonds is 5. The Morgan fingerprint density at radius 2 is 1.75 bits per heavy atom. The van der Waals surface area contributed by atoms with E-state index in [0.29, 0.717) is 11.4 Å². The molecule has 3 atom stereocenters. The molecule has 0 saturated heterocycles. The first-order chi connectivity index (χ1) is 13.2. The van der Waals surface area contributed by atoms with E-state index < -0.39 is 34.0 Å². The van der Waals surface area contributed by atoms with E-state index in [4.69, 9.17) is 0 Å². The molecule has 1 fully saturated rings. The van der Waals surface area contributed by atoms with Crippen LogP contribution in [-0.2, 0) is 14.6 Å². The van der Waals surface area contributed by atoms with Gasteiger partial charge in [-0.2, -0.15) is 0 Å². The smallest absolute Gasteiger partial charge is 0.257 e. The van der Waals surface area contributed by atoms with Crippen LogP contribution in [0.15, 0.2) is 59.6 Å². The number of hydrogen-bond acceptors (Lipinski definition) is 4. The van der Waals surface area contributed by atoms with E-state index >= 15 is 0 Å². The number of nitrogens with zero attached hydrogens (tertiary/aromatic N) is 1. The highest BCUT2D eigenvalue weighted by Crippen LogP contribution is 2.34. The quantitative estimate of drug-likeness (QED) is 0.770. The molecule has 5 nitrogen and oxygen atoms in total. The maximum Gasteiger partial charge on any atom is 0.257 e. The summed E-state index contributed by atoms with van der Waals surface area (Å²) >= 11 is 0. The number of carbonyl (C=O) groups excluding carboxylic acids is 1. The topological polar surface area (TPSA) is 76.1 Å². The minimum Gasteiger partial charge on any atom is -0.307 e. The lowest BCUT2D eigenvalue weighted by Gasteiger charge is -2.12. The van der Waals surface area contributed by atoms with Crippen LogP contribution in [0.5, 0.6) is 0 Å². The summed E-state index contributed by atoms with van der Waals surface area (Å²) in [5.41, 5.74) is 0.676. The molecule has 0 spiro atoms. The number of carbonyl (C=O) groups is 1. The van der Waals surface area contributed by atoms with Crippen LogP contribution in [0.4, 0.5) is 14.6 Å². The molecular weight excluding hydrogens is 386 g/mol. The molecule has 1 N–H and O–H groups in total. The Hall–Kier alpha value is -2.61. The molecule has 148 valence electrons. The summed E-state index contributed by atoms with van der Waals surface area (Å²) < 4.78 is 50.5. The van der Waals surface area contributed by atoms with Crippen LogP contribution >= 0.6 is 0 Å². The van der Waals surface area contributed by atoms with Gasteiger partial charge >= 0.3 is 0 Å². The largest absolute Gasteiger partial charge is 0.307 e. The third kappa shape index (κ3) is 4.81. The Morgan fingerprint density at radius 3 is 2.29 bits per heavy atom. The van der Waals surface area contributed by atoms with Crippen molar-refractivity contribution < 1.29 is 22.0 Å². The first-order valence-corrected chi connectivity index (χ1v) is 10.7. The molecular formula is C20H20F2N2O3S. The standard InChI is InChI=1S/C20H20F2N2O3S/c1-28(26,27)15-7-5-14(6-8-15)16(10-13-11-17(21)18(22)12-13)20(25)24-19-4-2-3-9-23-19/h2-10,13,17-18H,11-12H2,1H3,(H,23,24,25)/b16-10+/t13-,17+,18-. The molecule has 1 aliphatic rings. The minimum absolute atomic E-state index is 0.00293. The van der Waals surface area contributed by atoms with Crippen LogP contribution in [0.2, 0.25) is 0 Å². The fourth-order valence-electron chi connectivity index (χ4n) is 3.15. The molecule has 1 heterocycles. The van der Waals surface area contributed by atoms with Crippen molar-refractivity contribution in [3.05, 3.63) is 60.3 Å². The number of aromatic nitrogens is 1. The monoisotopic (exact) mass is 406 g/mol. The van der Waals surface area contributed by atoms with Crippen molar-refractivity contribution in [1.82, 2.24) is 4.98 Å². The molecule has 0 aliphatic heterocycles. The predicted molar refractivity (Wildman–Crippen MR) is 103 cm³/mol. The molecule has 0 unspecified atom stereocenters. The minimum atomic E-state index is -3.38. The molecule has 1 amide bonds. The van der Waals surface area contributed by atoms with E-state index in [9.17, 15) is 22.0 Å². The van der Waals surface area contributed by atoms with Crippen LogP contribution in [0.25, 0.3) is 5.57 Å². The maximum absolute atomic E-state index is 13.6. The van der Waals surface area contributed by atoms with Gasteiger partial charge in [0, 0.05) is 18.0 Å². The molecule has 8 heteroatoms. The van der Waals surface area contributed by atoms with Crippen LogP contribution < -0.4 is 5.32 Å². The zero-order valence-electron chi connectivity index (χ0n) is 15.2. The summed E-state index contributed by atoms with van der Waals surface area (Å²) in [6.45, 7) is 0. The summed E-state index contributed by atoms with van der Waals surface area (Å²) in [5, 5.41) is 2.66. The summed E-state index contributed by atoms with van der Waals surface area (Å²) in [4.78, 5) is 17.0. The number of benzene rings is 1. The number of alkyl halides is 2. The van der Waals surface area contributed by atoms with Gasteiger partial charge in [-0.25, -0.2) is 22.2 Å². The molecule has 1 saturated carbocycles. The zero-order chi connectivity index (χ0) is 20.3. The normalized spacial score (nSPS) is 22.8. The van der Waals surface area contributed by atoms with E-state index in [-0.39, 0.29) is 23.3 Å². The Bertz CT molecular complexity index is 966. The number of allylic oxidation sites excluding steroid dienone is 1. The summed E-state index contributed by atoms with van der Waals surface area (Å²) in [7, 11) is -3.38. The molecule has 28 heavy (non-hydrogen) atoms. The number of hydrogen-bond donors (Lipinski definition) is 1. The van der Waals surface area contributed by atoms with Gasteiger partial charge in [0.1, 0.15) is 18.2 Å². The van der Waals surface area contributed by atoms with Gasteiger partial charge in [0.15, 0.2) is 9.84 Å². The van der Waals surface area contributed by atoms with Crippen LogP contribution in [-0.4, -0.2) is 37.9 Å². The van der Waals surface area contributed by atoms with Gasteiger partial charge in [-0.05, 0) is 48.6 Å². The Kier molecular flexibility index (Phi) is 5.88. The Balaban J connectivity index is 1.93. The Morgan fingerprint density at radius 1 is 1.11 bits per heavy atom. The van der Waals surface area contributed by atoms with Gasteiger partial charge in [0.2, 0.25) is 0 Å². The average Bonchev–Trinajstić information content (AvgIpc) is 2.97. The molecule has 0 bridgehead atoms. The van der Waals surface area contributed by atoms with E-state index in [0.717, 1.165) is 6.26 Å². The fraction of sp³-hybridized carbons (Fsp3) is 0.300. The lowest BCUT2D eigenvalue weighted by molar-refractivity contribution is -0.111. The van der Waals surface area contributed by atoms with Crippen molar-refractivity contribution in [2.24, 2.45) is 5.92 Å². The second-order valence-corrected chi connectivity index (χ2v) is 8.83. The highest BCUT2D eigenvalue weighted by Gasteiger charge is 2.34. The lowest BCUT2D eigenvalue weighted by atomic mass is 9.98. The van der Waals surface area contributed by atoms with Crippen molar-refractivity contribution >= 4 is 27.1 Å². The van der Waals surface area contributed by atoms with Crippen molar-refractivity contribution in [3.63, 3.8) is 0 Å². The second kappa shape index (κ2) is 8.18. The molecule has 2 aromatic rings. The zero-order valence-corrected chi connectivity index (χ0v) is 16.0. The SMILES string of the molecule is CS(=O)(=O)c1ccc(/C(=C\[C@H]2C[C@@H](F)[C@@H](F)C2)C(=O)Nc2ccccn2)cc1. The predicted octanol–water partition coefficient (Wildman–Crippen LogP) is 3.59. The van der Waals surface area contributed by atoms with Gasteiger partial charge in [0.25, 0.3) is 5.91 Å². The third-order valence-electron chi connectivity index (χ3n) is 4.60. The number of anilines is 1. The van der Waals surface area contributed by atoms with Crippen molar-refractivity contribution in [2.75, 3.05) is 11.6 Å². The van der Waals surface area contributed by atoms with E-state index in [1.807, 2.05) is 0 Å². The van der Waals surface area contributed by atoms with E-state index in [1.165, 1.54) is 30.5 Å². The van der Waals surface area contributed by atoms with Crippen molar-refractivity contribution in [1.29, 1.82) is 0 Å². The van der Waals surface area contributed by atoms with E-state index in [2.05, 4.69) is 10.3 Å². The van der Waals surface area contributed by atoms with Gasteiger partial charge in [-0.3, -0.25) is 4.79 Å².